The average Bonchev–Trinajstić information content (AvgIpc) is 2.88. The Hall–Kier alpha value is -0.900. The molecule has 1 unspecified atom stereocenters. The third kappa shape index (κ3) is 3.10. The zero-order valence-corrected chi connectivity index (χ0v) is 12.2. The monoisotopic (exact) mass is 280 g/mol. The number of hydrogen-bond acceptors (Lipinski definition) is 3. The standard InChI is InChI=1S/C14H17ClN2S/c1-3-6-16-14(13-8-18-9-17-13)11-5-4-10(2)12(15)7-11/h4-5,7-9,14,16H,3,6H2,1-2H3. The zero-order chi connectivity index (χ0) is 13.0. The highest BCUT2D eigenvalue weighted by Gasteiger charge is 2.15. The van der Waals surface area contributed by atoms with Gasteiger partial charge in [-0.15, -0.1) is 11.3 Å². The number of aromatic nitrogens is 1. The molecule has 0 spiro atoms. The fourth-order valence-corrected chi connectivity index (χ4v) is 2.60. The molecule has 0 fully saturated rings. The third-order valence-electron chi connectivity index (χ3n) is 2.87. The van der Waals surface area contributed by atoms with Crippen LogP contribution in [0.1, 0.15) is 36.2 Å². The molecule has 2 aromatic rings. The van der Waals surface area contributed by atoms with Gasteiger partial charge in [0.1, 0.15) is 0 Å². The van der Waals surface area contributed by atoms with Crippen molar-refractivity contribution in [2.45, 2.75) is 26.3 Å². The first kappa shape index (κ1) is 13.5. The molecule has 1 heterocycles. The van der Waals surface area contributed by atoms with Gasteiger partial charge in [-0.25, -0.2) is 4.98 Å². The topological polar surface area (TPSA) is 24.9 Å². The van der Waals surface area contributed by atoms with Gasteiger partial charge in [0.05, 0.1) is 17.2 Å². The number of rotatable bonds is 5. The van der Waals surface area contributed by atoms with Crippen LogP contribution in [-0.2, 0) is 0 Å². The van der Waals surface area contributed by atoms with E-state index in [2.05, 4.69) is 34.7 Å². The molecule has 0 radical (unpaired) electrons. The van der Waals surface area contributed by atoms with Crippen molar-refractivity contribution in [2.75, 3.05) is 6.54 Å². The molecule has 0 aliphatic carbocycles. The lowest BCUT2D eigenvalue weighted by Crippen LogP contribution is -2.23. The third-order valence-corrected chi connectivity index (χ3v) is 3.89. The molecule has 1 aromatic heterocycles. The molecule has 0 aliphatic rings. The lowest BCUT2D eigenvalue weighted by molar-refractivity contribution is 0.589. The highest BCUT2D eigenvalue weighted by Crippen LogP contribution is 2.26. The smallest absolute Gasteiger partial charge is 0.0795 e. The van der Waals surface area contributed by atoms with E-state index in [0.717, 1.165) is 29.2 Å². The molecular weight excluding hydrogens is 264 g/mol. The summed E-state index contributed by atoms with van der Waals surface area (Å²) in [6, 6.07) is 6.34. The van der Waals surface area contributed by atoms with Gasteiger partial charge in [0.2, 0.25) is 0 Å². The van der Waals surface area contributed by atoms with Crippen molar-refractivity contribution in [1.82, 2.24) is 10.3 Å². The van der Waals surface area contributed by atoms with Crippen molar-refractivity contribution in [1.29, 1.82) is 0 Å². The lowest BCUT2D eigenvalue weighted by Gasteiger charge is -2.17. The van der Waals surface area contributed by atoms with Crippen LogP contribution in [0.3, 0.4) is 0 Å². The first-order chi connectivity index (χ1) is 8.72. The van der Waals surface area contributed by atoms with Crippen molar-refractivity contribution >= 4 is 22.9 Å². The molecule has 0 saturated carbocycles. The fraction of sp³-hybridized carbons (Fsp3) is 0.357. The quantitative estimate of drug-likeness (QED) is 0.888. The van der Waals surface area contributed by atoms with Gasteiger partial charge in [0.15, 0.2) is 0 Å². The van der Waals surface area contributed by atoms with E-state index in [0.29, 0.717) is 0 Å². The number of benzene rings is 1. The number of hydrogen-bond donors (Lipinski definition) is 1. The minimum atomic E-state index is 0.134. The minimum absolute atomic E-state index is 0.134. The van der Waals surface area contributed by atoms with Gasteiger partial charge in [0.25, 0.3) is 0 Å². The van der Waals surface area contributed by atoms with Crippen LogP contribution < -0.4 is 5.32 Å². The predicted octanol–water partition coefficient (Wildman–Crippen LogP) is 4.19. The van der Waals surface area contributed by atoms with E-state index in [9.17, 15) is 0 Å². The Morgan fingerprint density at radius 2 is 2.28 bits per heavy atom. The predicted molar refractivity (Wildman–Crippen MR) is 78.4 cm³/mol. The second kappa shape index (κ2) is 6.32. The number of aryl methyl sites for hydroxylation is 1. The van der Waals surface area contributed by atoms with E-state index in [4.69, 9.17) is 11.6 Å². The molecule has 1 N–H and O–H groups in total. The average molecular weight is 281 g/mol. The second-order valence-corrected chi connectivity index (χ2v) is 5.43. The van der Waals surface area contributed by atoms with Gasteiger partial charge in [0, 0.05) is 10.4 Å². The van der Waals surface area contributed by atoms with Crippen molar-refractivity contribution in [2.24, 2.45) is 0 Å². The van der Waals surface area contributed by atoms with E-state index in [1.807, 2.05) is 18.5 Å². The molecule has 0 aliphatic heterocycles. The van der Waals surface area contributed by atoms with Gasteiger partial charge in [-0.3, -0.25) is 0 Å². The van der Waals surface area contributed by atoms with Crippen LogP contribution in [0.2, 0.25) is 5.02 Å². The molecule has 2 nitrogen and oxygen atoms in total. The van der Waals surface area contributed by atoms with Crippen molar-refractivity contribution < 1.29 is 0 Å². The van der Waals surface area contributed by atoms with Crippen LogP contribution in [0, 0.1) is 6.92 Å². The maximum Gasteiger partial charge on any atom is 0.0795 e. The Morgan fingerprint density at radius 3 is 2.89 bits per heavy atom. The van der Waals surface area contributed by atoms with E-state index in [1.165, 1.54) is 5.56 Å². The maximum atomic E-state index is 6.21. The summed E-state index contributed by atoms with van der Waals surface area (Å²) in [5.74, 6) is 0. The molecule has 0 bridgehead atoms. The van der Waals surface area contributed by atoms with E-state index in [1.54, 1.807) is 11.3 Å². The van der Waals surface area contributed by atoms with E-state index in [-0.39, 0.29) is 6.04 Å². The highest BCUT2D eigenvalue weighted by molar-refractivity contribution is 7.07. The van der Waals surface area contributed by atoms with Gasteiger partial charge in [-0.1, -0.05) is 30.7 Å². The minimum Gasteiger partial charge on any atom is -0.305 e. The van der Waals surface area contributed by atoms with Crippen LogP contribution in [0.15, 0.2) is 29.1 Å². The zero-order valence-electron chi connectivity index (χ0n) is 10.6. The first-order valence-electron chi connectivity index (χ1n) is 6.10. The summed E-state index contributed by atoms with van der Waals surface area (Å²) in [7, 11) is 0. The molecule has 1 aromatic carbocycles. The molecule has 2 rings (SSSR count). The molecule has 4 heteroatoms. The highest BCUT2D eigenvalue weighted by atomic mass is 35.5. The maximum absolute atomic E-state index is 6.21. The lowest BCUT2D eigenvalue weighted by atomic mass is 10.0. The second-order valence-electron chi connectivity index (χ2n) is 4.31. The van der Waals surface area contributed by atoms with Crippen LogP contribution in [-0.4, -0.2) is 11.5 Å². The van der Waals surface area contributed by atoms with Crippen molar-refractivity contribution in [3.05, 3.63) is 50.9 Å². The summed E-state index contributed by atoms with van der Waals surface area (Å²) >= 11 is 7.83. The summed E-state index contributed by atoms with van der Waals surface area (Å²) < 4.78 is 0. The van der Waals surface area contributed by atoms with Crippen molar-refractivity contribution in [3.8, 4) is 0 Å². The van der Waals surface area contributed by atoms with Gasteiger partial charge in [-0.2, -0.15) is 0 Å². The molecule has 18 heavy (non-hydrogen) atoms. The molecule has 0 amide bonds. The van der Waals surface area contributed by atoms with Crippen LogP contribution in [0.25, 0.3) is 0 Å². The number of nitrogens with zero attached hydrogens (tertiary/aromatic N) is 1. The Labute approximate surface area is 117 Å². The summed E-state index contributed by atoms with van der Waals surface area (Å²) in [5, 5.41) is 6.42. The summed E-state index contributed by atoms with van der Waals surface area (Å²) in [6.07, 6.45) is 1.10. The summed E-state index contributed by atoms with van der Waals surface area (Å²) in [5.41, 5.74) is 5.21. The largest absolute Gasteiger partial charge is 0.305 e. The molecular formula is C14H17ClN2S. The van der Waals surface area contributed by atoms with Gasteiger partial charge in [-0.05, 0) is 37.1 Å². The Kier molecular flexibility index (Phi) is 4.75. The normalized spacial score (nSPS) is 12.6. The first-order valence-corrected chi connectivity index (χ1v) is 7.42. The Balaban J connectivity index is 2.30. The Bertz CT molecular complexity index is 497. The number of thiazole rings is 1. The number of halogens is 1. The summed E-state index contributed by atoms with van der Waals surface area (Å²) in [4.78, 5) is 4.41. The van der Waals surface area contributed by atoms with Crippen molar-refractivity contribution in [3.63, 3.8) is 0 Å². The van der Waals surface area contributed by atoms with Crippen LogP contribution >= 0.6 is 22.9 Å². The van der Waals surface area contributed by atoms with Crippen LogP contribution in [0.5, 0.6) is 0 Å². The van der Waals surface area contributed by atoms with E-state index < -0.39 is 0 Å². The molecule has 1 atom stereocenters. The summed E-state index contributed by atoms with van der Waals surface area (Å²) in [6.45, 7) is 5.14. The van der Waals surface area contributed by atoms with Gasteiger partial charge >= 0.3 is 0 Å². The number of nitrogens with one attached hydrogen (secondary N) is 1. The van der Waals surface area contributed by atoms with E-state index >= 15 is 0 Å². The van der Waals surface area contributed by atoms with Gasteiger partial charge < -0.3 is 5.32 Å². The Morgan fingerprint density at radius 1 is 1.44 bits per heavy atom. The fourth-order valence-electron chi connectivity index (χ4n) is 1.83. The molecule has 96 valence electrons. The molecule has 0 saturated heterocycles. The SMILES string of the molecule is CCCNC(c1ccc(C)c(Cl)c1)c1cscn1. The van der Waals surface area contributed by atoms with Crippen LogP contribution in [0.4, 0.5) is 0 Å².